The number of halogens is 2. The quantitative estimate of drug-likeness (QED) is 0.324. The fourth-order valence-electron chi connectivity index (χ4n) is 1.33. The molecule has 0 aromatic heterocycles. The molecule has 0 aliphatic heterocycles. The van der Waals surface area contributed by atoms with E-state index in [4.69, 9.17) is 10.2 Å². The summed E-state index contributed by atoms with van der Waals surface area (Å²) in [5, 5.41) is 28.8. The third-order valence-corrected chi connectivity index (χ3v) is 2.45. The molecule has 90 valence electrons. The molecule has 0 aromatic carbocycles. The monoisotopic (exact) mass is 250 g/mol. The van der Waals surface area contributed by atoms with Crippen molar-refractivity contribution in [2.75, 3.05) is 26.8 Å². The maximum atomic E-state index is 9.47. The van der Waals surface area contributed by atoms with Crippen LogP contribution in [0.2, 0.25) is 0 Å². The molecule has 0 radical (unpaired) electrons. The molecule has 14 heavy (non-hydrogen) atoms. The van der Waals surface area contributed by atoms with Crippen LogP contribution in [0.15, 0.2) is 0 Å². The van der Waals surface area contributed by atoms with Gasteiger partial charge in [-0.05, 0) is 0 Å². The summed E-state index contributed by atoms with van der Waals surface area (Å²) < 4.78 is 0. The zero-order valence-corrected chi connectivity index (χ0v) is 9.80. The predicted molar refractivity (Wildman–Crippen MR) is 43.1 cm³/mol. The van der Waals surface area contributed by atoms with E-state index in [0.717, 1.165) is 0 Å². The fourth-order valence-corrected chi connectivity index (χ4v) is 1.33. The Balaban J connectivity index is -0.000000605. The molecule has 8 N–H and O–H groups in total. The molecule has 5 nitrogen and oxygen atoms in total. The van der Waals surface area contributed by atoms with Crippen LogP contribution in [0, 0.1) is 0 Å². The Hall–Kier alpha value is 0.380. The first-order valence-corrected chi connectivity index (χ1v) is 4.16. The Morgan fingerprint density at radius 1 is 1.36 bits per heavy atom. The van der Waals surface area contributed by atoms with Crippen LogP contribution in [0.25, 0.3) is 0 Å². The van der Waals surface area contributed by atoms with Crippen molar-refractivity contribution in [1.82, 2.24) is 0 Å². The van der Waals surface area contributed by atoms with Crippen molar-refractivity contribution >= 4 is 0 Å². The minimum absolute atomic E-state index is 0. The van der Waals surface area contributed by atoms with Gasteiger partial charge in [-0.2, -0.15) is 0 Å². The van der Waals surface area contributed by atoms with Crippen molar-refractivity contribution in [1.29, 1.82) is 0 Å². The maximum absolute atomic E-state index is 9.47. The number of hydrogen-bond donors (Lipinski definition) is 5. The molecule has 0 fully saturated rings. The Bertz CT molecular complexity index is 126. The van der Waals surface area contributed by atoms with Gasteiger partial charge in [0, 0.05) is 13.0 Å². The molecule has 0 saturated carbocycles. The topological polar surface area (TPSA) is 105 Å². The zero-order valence-electron chi connectivity index (χ0n) is 8.29. The zero-order chi connectivity index (χ0) is 9.61. The summed E-state index contributed by atoms with van der Waals surface area (Å²) in [6.45, 7) is 0.183. The summed E-state index contributed by atoms with van der Waals surface area (Å²) in [6, 6.07) is 0. The van der Waals surface area contributed by atoms with Crippen LogP contribution in [0.3, 0.4) is 0 Å². The smallest absolute Gasteiger partial charge is 0.175 e. The molecule has 0 bridgehead atoms. The molecule has 0 aliphatic carbocycles. The second kappa shape index (κ2) is 9.92. The standard InChI is InChI=1S/C7H18N2O3.2ClH/c1-9-7(5-8,2-3-10)6(12)4-11;;/h6,9-12H,2-5,8H2,1H3;2*1H/t6-,7-;;/m1../s1. The number of quaternary nitrogens is 2. The Morgan fingerprint density at radius 2 is 1.86 bits per heavy atom. The van der Waals surface area contributed by atoms with Crippen molar-refractivity contribution in [3.8, 4) is 0 Å². The molecule has 0 aromatic rings. The van der Waals surface area contributed by atoms with Gasteiger partial charge in [-0.1, -0.05) is 0 Å². The predicted octanol–water partition coefficient (Wildman–Crippen LogP) is -10.1. The number of likely N-dealkylation sites (N-methyl/N-ethyl adjacent to an activating group) is 1. The lowest BCUT2D eigenvalue weighted by Crippen LogP contribution is -3.01. The van der Waals surface area contributed by atoms with Crippen molar-refractivity contribution < 1.29 is 51.2 Å². The molecule has 0 heterocycles. The maximum Gasteiger partial charge on any atom is 0.175 e. The summed E-state index contributed by atoms with van der Waals surface area (Å²) in [5.74, 6) is 0. The molecule has 0 aliphatic rings. The van der Waals surface area contributed by atoms with Crippen molar-refractivity contribution in [3.63, 3.8) is 0 Å². The van der Waals surface area contributed by atoms with Gasteiger partial charge in [-0.25, -0.2) is 0 Å². The number of nitrogens with two attached hydrogens (primary N) is 1. The van der Waals surface area contributed by atoms with E-state index in [-0.39, 0.29) is 38.0 Å². The third kappa shape index (κ3) is 4.75. The average Bonchev–Trinajstić information content (AvgIpc) is 2.13. The summed E-state index contributed by atoms with van der Waals surface area (Å²) >= 11 is 0. The van der Waals surface area contributed by atoms with E-state index in [1.54, 1.807) is 12.4 Å². The van der Waals surface area contributed by atoms with Gasteiger partial charge in [0.15, 0.2) is 5.54 Å². The Morgan fingerprint density at radius 3 is 2.07 bits per heavy atom. The minimum atomic E-state index is -0.827. The van der Waals surface area contributed by atoms with Gasteiger partial charge in [0.2, 0.25) is 0 Å². The highest BCUT2D eigenvalue weighted by Crippen LogP contribution is 2.07. The van der Waals surface area contributed by atoms with Crippen LogP contribution < -0.4 is 35.9 Å². The number of hydrogen-bond acceptors (Lipinski definition) is 3. The van der Waals surface area contributed by atoms with Crippen molar-refractivity contribution in [2.24, 2.45) is 0 Å². The summed E-state index contributed by atoms with van der Waals surface area (Å²) in [7, 11) is 1.81. The Kier molecular flexibility index (Phi) is 14.1. The van der Waals surface area contributed by atoms with Gasteiger partial charge < -0.3 is 51.2 Å². The van der Waals surface area contributed by atoms with E-state index in [1.807, 2.05) is 0 Å². The molecule has 0 rings (SSSR count). The van der Waals surface area contributed by atoms with Gasteiger partial charge in [0.1, 0.15) is 12.6 Å². The number of rotatable bonds is 6. The van der Waals surface area contributed by atoms with E-state index >= 15 is 0 Å². The third-order valence-electron chi connectivity index (χ3n) is 2.45. The van der Waals surface area contributed by atoms with E-state index in [2.05, 4.69) is 5.73 Å². The molecule has 0 amide bonds. The van der Waals surface area contributed by atoms with Crippen LogP contribution in [0.4, 0.5) is 0 Å². The first kappa shape index (κ1) is 19.9. The van der Waals surface area contributed by atoms with Gasteiger partial charge in [0.25, 0.3) is 0 Å². The summed E-state index contributed by atoms with van der Waals surface area (Å²) in [5.41, 5.74) is 3.16. The largest absolute Gasteiger partial charge is 1.00 e. The Labute approximate surface area is 96.5 Å². The second-order valence-corrected chi connectivity index (χ2v) is 2.94. The van der Waals surface area contributed by atoms with Gasteiger partial charge in [0.05, 0.1) is 13.7 Å². The van der Waals surface area contributed by atoms with Crippen LogP contribution in [-0.4, -0.2) is 53.8 Å². The van der Waals surface area contributed by atoms with Crippen molar-refractivity contribution in [3.05, 3.63) is 0 Å². The van der Waals surface area contributed by atoms with Crippen molar-refractivity contribution in [2.45, 2.75) is 18.1 Å². The van der Waals surface area contributed by atoms with Crippen LogP contribution in [-0.2, 0) is 0 Å². The van der Waals surface area contributed by atoms with Gasteiger partial charge in [-0.15, -0.1) is 0 Å². The van der Waals surface area contributed by atoms with Crippen LogP contribution in [0.5, 0.6) is 0 Å². The number of aliphatic hydroxyl groups is 3. The number of aliphatic hydroxyl groups excluding tert-OH is 3. The molecular weight excluding hydrogens is 231 g/mol. The molecule has 2 atom stereocenters. The van der Waals surface area contributed by atoms with Crippen LogP contribution in [0.1, 0.15) is 6.42 Å². The first-order chi connectivity index (χ1) is 5.66. The SMILES string of the molecule is C[NH2+][C@@](C[NH3+])(CCO)[C@H](O)CO.[Cl-].[Cl-]. The van der Waals surface area contributed by atoms with E-state index < -0.39 is 11.6 Å². The highest BCUT2D eigenvalue weighted by atomic mass is 35.5. The second-order valence-electron chi connectivity index (χ2n) is 2.94. The lowest BCUT2D eigenvalue weighted by molar-refractivity contribution is -0.732. The highest BCUT2D eigenvalue weighted by molar-refractivity contribution is 4.83. The molecule has 7 heteroatoms. The lowest BCUT2D eigenvalue weighted by Gasteiger charge is -2.29. The minimum Gasteiger partial charge on any atom is -1.00 e. The van der Waals surface area contributed by atoms with E-state index in [1.165, 1.54) is 0 Å². The normalized spacial score (nSPS) is 16.1. The molecule has 0 spiro atoms. The van der Waals surface area contributed by atoms with Crippen LogP contribution >= 0.6 is 0 Å². The molecular formula is C7H20Cl2N2O3. The van der Waals surface area contributed by atoms with Gasteiger partial charge >= 0.3 is 0 Å². The summed E-state index contributed by atoms with van der Waals surface area (Å²) in [4.78, 5) is 0. The average molecular weight is 251 g/mol. The van der Waals surface area contributed by atoms with E-state index in [9.17, 15) is 5.11 Å². The fraction of sp³-hybridized carbons (Fsp3) is 1.00. The highest BCUT2D eigenvalue weighted by Gasteiger charge is 2.40. The molecule has 0 saturated heterocycles. The lowest BCUT2D eigenvalue weighted by atomic mass is 9.89. The van der Waals surface area contributed by atoms with E-state index in [0.29, 0.717) is 13.0 Å². The van der Waals surface area contributed by atoms with Gasteiger partial charge in [-0.3, -0.25) is 0 Å². The summed E-state index contributed by atoms with van der Waals surface area (Å²) in [6.07, 6.45) is -0.388. The first-order valence-electron chi connectivity index (χ1n) is 4.16. The molecule has 0 unspecified atom stereocenters.